The smallest absolute Gasteiger partial charge is 0.194 e. The van der Waals surface area contributed by atoms with E-state index in [4.69, 9.17) is 0 Å². The number of ketones is 1. The van der Waals surface area contributed by atoms with E-state index in [1.807, 2.05) is 54.8 Å². The zero-order valence-corrected chi connectivity index (χ0v) is 11.1. The summed E-state index contributed by atoms with van der Waals surface area (Å²) in [4.78, 5) is 14.1. The largest absolute Gasteiger partial charge is 0.289 e. The highest BCUT2D eigenvalue weighted by atomic mass is 32.2. The molecule has 0 saturated heterocycles. The maximum absolute atomic E-state index is 12.3. The van der Waals surface area contributed by atoms with E-state index >= 15 is 0 Å². The van der Waals surface area contributed by atoms with E-state index in [1.54, 1.807) is 11.8 Å². The van der Waals surface area contributed by atoms with Gasteiger partial charge in [-0.1, -0.05) is 30.3 Å². The van der Waals surface area contributed by atoms with Crippen LogP contribution in [0.1, 0.15) is 15.9 Å². The Morgan fingerprint density at radius 2 is 1.82 bits per heavy atom. The Morgan fingerprint density at radius 3 is 2.47 bits per heavy atom. The molecule has 0 spiro atoms. The third kappa shape index (κ3) is 2.73. The van der Waals surface area contributed by atoms with Crippen LogP contribution in [0.15, 0.2) is 58.3 Å². The molecule has 0 bridgehead atoms. The van der Waals surface area contributed by atoms with Gasteiger partial charge in [0.15, 0.2) is 5.78 Å². The van der Waals surface area contributed by atoms with Gasteiger partial charge in [-0.25, -0.2) is 0 Å². The van der Waals surface area contributed by atoms with Crippen molar-refractivity contribution in [2.45, 2.75) is 9.79 Å². The van der Waals surface area contributed by atoms with E-state index in [0.29, 0.717) is 0 Å². The van der Waals surface area contributed by atoms with Gasteiger partial charge < -0.3 is 0 Å². The molecule has 2 aromatic carbocycles. The molecular weight excluding hydrogens is 248 g/mol. The van der Waals surface area contributed by atoms with E-state index < -0.39 is 0 Å². The van der Waals surface area contributed by atoms with Gasteiger partial charge in [-0.15, -0.1) is 24.4 Å². The summed E-state index contributed by atoms with van der Waals surface area (Å²) in [6.07, 6.45) is 1.96. The zero-order valence-electron chi connectivity index (χ0n) is 9.38. The number of carbonyl (C=O) groups is 1. The highest BCUT2D eigenvalue weighted by Gasteiger charge is 2.12. The molecule has 2 rings (SSSR count). The third-order valence-corrected chi connectivity index (χ3v) is 3.52. The Hall–Kier alpha value is -1.19. The zero-order chi connectivity index (χ0) is 12.3. The predicted molar refractivity (Wildman–Crippen MR) is 75.3 cm³/mol. The molecule has 0 heterocycles. The van der Waals surface area contributed by atoms with Crippen LogP contribution in [0.3, 0.4) is 0 Å². The molecule has 0 amide bonds. The summed E-state index contributed by atoms with van der Waals surface area (Å²) in [5.74, 6) is 0.0586. The van der Waals surface area contributed by atoms with Gasteiger partial charge in [-0.3, -0.25) is 4.79 Å². The standard InChI is InChI=1S/C14H12OS2/c1-17-13-9-11(16)7-8-12(13)14(15)10-5-3-2-4-6-10/h2-9,16H,1H3. The number of benzene rings is 2. The number of hydrogen-bond acceptors (Lipinski definition) is 3. The van der Waals surface area contributed by atoms with Crippen molar-refractivity contribution in [1.82, 2.24) is 0 Å². The number of carbonyl (C=O) groups excluding carboxylic acids is 1. The van der Waals surface area contributed by atoms with Crippen LogP contribution >= 0.6 is 24.4 Å². The lowest BCUT2D eigenvalue weighted by Gasteiger charge is -2.07. The molecular formula is C14H12OS2. The van der Waals surface area contributed by atoms with Gasteiger partial charge in [-0.05, 0) is 24.5 Å². The van der Waals surface area contributed by atoms with Gasteiger partial charge in [0.05, 0.1) is 0 Å². The van der Waals surface area contributed by atoms with Crippen LogP contribution in [0.25, 0.3) is 0 Å². The molecule has 1 nitrogen and oxygen atoms in total. The lowest BCUT2D eigenvalue weighted by molar-refractivity contribution is 0.103. The number of rotatable bonds is 3. The Kier molecular flexibility index (Phi) is 3.92. The van der Waals surface area contributed by atoms with E-state index in [2.05, 4.69) is 12.6 Å². The Balaban J connectivity index is 2.44. The van der Waals surface area contributed by atoms with Crippen molar-refractivity contribution in [2.24, 2.45) is 0 Å². The summed E-state index contributed by atoms with van der Waals surface area (Å²) in [5.41, 5.74) is 1.45. The van der Waals surface area contributed by atoms with Crippen LogP contribution in [-0.4, -0.2) is 12.0 Å². The highest BCUT2D eigenvalue weighted by Crippen LogP contribution is 2.25. The Bertz CT molecular complexity index is 535. The monoisotopic (exact) mass is 260 g/mol. The quantitative estimate of drug-likeness (QED) is 0.511. The molecule has 0 N–H and O–H groups in total. The van der Waals surface area contributed by atoms with Crippen LogP contribution in [0.5, 0.6) is 0 Å². The van der Waals surface area contributed by atoms with Crippen LogP contribution in [0.2, 0.25) is 0 Å². The number of hydrogen-bond donors (Lipinski definition) is 1. The maximum Gasteiger partial charge on any atom is 0.194 e. The fourth-order valence-corrected chi connectivity index (χ4v) is 2.53. The molecule has 0 aliphatic heterocycles. The topological polar surface area (TPSA) is 17.1 Å². The lowest BCUT2D eigenvalue weighted by Crippen LogP contribution is -2.02. The molecule has 0 aliphatic rings. The molecule has 0 radical (unpaired) electrons. The van der Waals surface area contributed by atoms with Crippen molar-refractivity contribution < 1.29 is 4.79 Å². The van der Waals surface area contributed by atoms with E-state index in [9.17, 15) is 4.79 Å². The molecule has 2 aromatic rings. The van der Waals surface area contributed by atoms with E-state index in [-0.39, 0.29) is 5.78 Å². The molecule has 0 unspecified atom stereocenters. The summed E-state index contributed by atoms with van der Waals surface area (Å²) >= 11 is 5.85. The molecule has 0 fully saturated rings. The first-order valence-corrected chi connectivity index (χ1v) is 6.86. The molecule has 17 heavy (non-hydrogen) atoms. The first-order valence-electron chi connectivity index (χ1n) is 5.19. The van der Waals surface area contributed by atoms with E-state index in [1.165, 1.54) is 0 Å². The summed E-state index contributed by atoms with van der Waals surface area (Å²) in [5, 5.41) is 0. The van der Waals surface area contributed by atoms with Gasteiger partial charge in [-0.2, -0.15) is 0 Å². The van der Waals surface area contributed by atoms with Crippen LogP contribution < -0.4 is 0 Å². The predicted octanol–water partition coefficient (Wildman–Crippen LogP) is 3.93. The Morgan fingerprint density at radius 1 is 1.12 bits per heavy atom. The van der Waals surface area contributed by atoms with Crippen molar-refractivity contribution in [2.75, 3.05) is 6.26 Å². The average molecular weight is 260 g/mol. The normalized spacial score (nSPS) is 10.2. The van der Waals surface area contributed by atoms with Crippen molar-refractivity contribution in [1.29, 1.82) is 0 Å². The maximum atomic E-state index is 12.3. The SMILES string of the molecule is CSc1cc(S)ccc1C(=O)c1ccccc1. The van der Waals surface area contributed by atoms with Gasteiger partial charge in [0.25, 0.3) is 0 Å². The van der Waals surface area contributed by atoms with Crippen LogP contribution in [0, 0.1) is 0 Å². The lowest BCUT2D eigenvalue weighted by atomic mass is 10.0. The molecule has 0 aliphatic carbocycles. The fourth-order valence-electron chi connectivity index (χ4n) is 1.61. The average Bonchev–Trinajstić information content (AvgIpc) is 2.39. The highest BCUT2D eigenvalue weighted by molar-refractivity contribution is 7.98. The van der Waals surface area contributed by atoms with Crippen molar-refractivity contribution in [3.05, 3.63) is 59.7 Å². The van der Waals surface area contributed by atoms with Crippen molar-refractivity contribution >= 4 is 30.2 Å². The second-order valence-electron chi connectivity index (χ2n) is 3.58. The van der Waals surface area contributed by atoms with Gasteiger partial charge >= 0.3 is 0 Å². The van der Waals surface area contributed by atoms with Crippen molar-refractivity contribution in [3.63, 3.8) is 0 Å². The summed E-state index contributed by atoms with van der Waals surface area (Å²) in [7, 11) is 0. The first-order chi connectivity index (χ1) is 8.22. The van der Waals surface area contributed by atoms with Gasteiger partial charge in [0, 0.05) is 20.9 Å². The Labute approximate surface area is 111 Å². The minimum Gasteiger partial charge on any atom is -0.289 e. The molecule has 0 atom stereocenters. The summed E-state index contributed by atoms with van der Waals surface area (Å²) in [6.45, 7) is 0. The van der Waals surface area contributed by atoms with E-state index in [0.717, 1.165) is 20.9 Å². The molecule has 0 aromatic heterocycles. The molecule has 3 heteroatoms. The molecule has 0 saturated carbocycles. The minimum atomic E-state index is 0.0586. The van der Waals surface area contributed by atoms with Crippen LogP contribution in [-0.2, 0) is 0 Å². The molecule has 86 valence electrons. The third-order valence-electron chi connectivity index (χ3n) is 2.47. The fraction of sp³-hybridized carbons (Fsp3) is 0.0714. The second kappa shape index (κ2) is 5.43. The van der Waals surface area contributed by atoms with Crippen molar-refractivity contribution in [3.8, 4) is 0 Å². The van der Waals surface area contributed by atoms with Gasteiger partial charge in [0.1, 0.15) is 0 Å². The second-order valence-corrected chi connectivity index (χ2v) is 4.94. The first kappa shape index (κ1) is 12.3. The number of thiol groups is 1. The number of thioether (sulfide) groups is 1. The van der Waals surface area contributed by atoms with Gasteiger partial charge in [0.2, 0.25) is 0 Å². The van der Waals surface area contributed by atoms with Crippen LogP contribution in [0.4, 0.5) is 0 Å². The summed E-state index contributed by atoms with van der Waals surface area (Å²) in [6, 6.07) is 14.9. The summed E-state index contributed by atoms with van der Waals surface area (Å²) < 4.78 is 0. The minimum absolute atomic E-state index is 0.0586.